The first-order chi connectivity index (χ1) is 9.74. The van der Waals surface area contributed by atoms with Crippen LogP contribution in [-0.4, -0.2) is 22.7 Å². The van der Waals surface area contributed by atoms with E-state index in [9.17, 15) is 23.1 Å². The molecule has 2 rings (SSSR count). The number of carbonyl (C=O) groups is 1. The van der Waals surface area contributed by atoms with E-state index in [1.54, 1.807) is 6.92 Å². The van der Waals surface area contributed by atoms with E-state index in [1.807, 2.05) is 0 Å². The van der Waals surface area contributed by atoms with Gasteiger partial charge in [0.25, 0.3) is 0 Å². The van der Waals surface area contributed by atoms with Crippen LogP contribution in [0.5, 0.6) is 5.75 Å². The minimum absolute atomic E-state index is 0.0965. The van der Waals surface area contributed by atoms with Crippen LogP contribution in [0.3, 0.4) is 0 Å². The summed E-state index contributed by atoms with van der Waals surface area (Å²) in [5, 5.41) is 9.58. The molecule has 1 heterocycles. The van der Waals surface area contributed by atoms with Gasteiger partial charge in [0, 0.05) is 5.39 Å². The number of pyridine rings is 1. The van der Waals surface area contributed by atoms with Crippen molar-refractivity contribution in [1.82, 2.24) is 4.98 Å². The van der Waals surface area contributed by atoms with Crippen molar-refractivity contribution in [3.63, 3.8) is 0 Å². The third kappa shape index (κ3) is 2.91. The van der Waals surface area contributed by atoms with Gasteiger partial charge < -0.3 is 9.84 Å². The Bertz CT molecular complexity index is 711. The molecule has 2 aromatic rings. The van der Waals surface area contributed by atoms with E-state index in [0.717, 1.165) is 0 Å². The number of benzene rings is 1. The van der Waals surface area contributed by atoms with Gasteiger partial charge in [0.2, 0.25) is 0 Å². The van der Waals surface area contributed by atoms with Gasteiger partial charge in [0.15, 0.2) is 0 Å². The number of rotatable bonds is 2. The molecule has 1 N–H and O–H groups in total. The number of phenolic OH excluding ortho intramolecular Hbond substituents is 1. The number of aryl methyl sites for hydroxylation is 1. The first-order valence-corrected chi connectivity index (χ1v) is 6.12. The quantitative estimate of drug-likeness (QED) is 0.863. The average molecular weight is 299 g/mol. The maximum absolute atomic E-state index is 13.0. The molecule has 0 bridgehead atoms. The summed E-state index contributed by atoms with van der Waals surface area (Å²) in [4.78, 5) is 15.4. The van der Waals surface area contributed by atoms with Gasteiger partial charge in [-0.3, -0.25) is 0 Å². The van der Waals surface area contributed by atoms with E-state index in [1.165, 1.54) is 19.1 Å². The summed E-state index contributed by atoms with van der Waals surface area (Å²) in [6, 6.07) is 3.10. The molecule has 0 amide bonds. The van der Waals surface area contributed by atoms with Crippen LogP contribution in [-0.2, 0) is 10.9 Å². The summed E-state index contributed by atoms with van der Waals surface area (Å²) in [6.45, 7) is 3.22. The molecule has 0 radical (unpaired) electrons. The van der Waals surface area contributed by atoms with Crippen molar-refractivity contribution in [2.75, 3.05) is 6.61 Å². The Morgan fingerprint density at radius 1 is 1.33 bits per heavy atom. The summed E-state index contributed by atoms with van der Waals surface area (Å²) < 4.78 is 43.9. The number of alkyl halides is 3. The lowest BCUT2D eigenvalue weighted by molar-refractivity contribution is -0.136. The highest BCUT2D eigenvalue weighted by atomic mass is 19.4. The molecule has 4 nitrogen and oxygen atoms in total. The number of nitrogens with zero attached hydrogens (tertiary/aromatic N) is 1. The Kier molecular flexibility index (Phi) is 3.76. The number of hydrogen-bond acceptors (Lipinski definition) is 4. The highest BCUT2D eigenvalue weighted by Gasteiger charge is 2.34. The van der Waals surface area contributed by atoms with Crippen LogP contribution in [0.4, 0.5) is 13.2 Å². The number of esters is 1. The van der Waals surface area contributed by atoms with E-state index in [-0.39, 0.29) is 23.2 Å². The number of aromatic hydroxyl groups is 1. The van der Waals surface area contributed by atoms with E-state index in [4.69, 9.17) is 4.74 Å². The van der Waals surface area contributed by atoms with Gasteiger partial charge in [-0.2, -0.15) is 13.2 Å². The maximum Gasteiger partial charge on any atom is 0.418 e. The zero-order valence-electron chi connectivity index (χ0n) is 11.3. The van der Waals surface area contributed by atoms with Crippen molar-refractivity contribution in [1.29, 1.82) is 0 Å². The maximum atomic E-state index is 13.0. The molecular formula is C14H12F3NO3. The molecule has 0 fully saturated rings. The Labute approximate surface area is 118 Å². The van der Waals surface area contributed by atoms with Crippen LogP contribution in [0.2, 0.25) is 0 Å². The Hall–Kier alpha value is -2.31. The smallest absolute Gasteiger partial charge is 0.418 e. The van der Waals surface area contributed by atoms with E-state index in [2.05, 4.69) is 4.98 Å². The molecule has 7 heteroatoms. The van der Waals surface area contributed by atoms with Crippen LogP contribution >= 0.6 is 0 Å². The molecule has 0 unspecified atom stereocenters. The van der Waals surface area contributed by atoms with Gasteiger partial charge in [-0.25, -0.2) is 9.78 Å². The third-order valence-corrected chi connectivity index (χ3v) is 2.89. The number of phenols is 1. The van der Waals surface area contributed by atoms with Crippen molar-refractivity contribution < 1.29 is 27.8 Å². The second kappa shape index (κ2) is 5.23. The van der Waals surface area contributed by atoms with Crippen LogP contribution in [0.1, 0.15) is 28.5 Å². The molecule has 0 saturated heterocycles. The molecule has 0 atom stereocenters. The summed E-state index contributed by atoms with van der Waals surface area (Å²) in [5.74, 6) is -1.30. The lowest BCUT2D eigenvalue weighted by Gasteiger charge is -2.13. The van der Waals surface area contributed by atoms with Crippen LogP contribution in [0, 0.1) is 6.92 Å². The zero-order chi connectivity index (χ0) is 15.8. The fraction of sp³-hybridized carbons (Fsp3) is 0.286. The number of aromatic nitrogens is 1. The molecule has 21 heavy (non-hydrogen) atoms. The topological polar surface area (TPSA) is 59.4 Å². The first kappa shape index (κ1) is 15.1. The molecule has 1 aromatic carbocycles. The molecule has 0 aliphatic carbocycles. The Balaban J connectivity index is 2.77. The van der Waals surface area contributed by atoms with Crippen LogP contribution in [0.15, 0.2) is 18.2 Å². The van der Waals surface area contributed by atoms with Crippen molar-refractivity contribution in [2.45, 2.75) is 20.0 Å². The summed E-state index contributed by atoms with van der Waals surface area (Å²) in [6.07, 6.45) is -4.69. The minimum Gasteiger partial charge on any atom is -0.508 e. The summed E-state index contributed by atoms with van der Waals surface area (Å²) >= 11 is 0. The van der Waals surface area contributed by atoms with Gasteiger partial charge in [-0.1, -0.05) is 0 Å². The highest BCUT2D eigenvalue weighted by molar-refractivity contribution is 5.94. The highest BCUT2D eigenvalue weighted by Crippen LogP contribution is 2.37. The molecule has 1 aromatic heterocycles. The molecule has 0 aliphatic heterocycles. The third-order valence-electron chi connectivity index (χ3n) is 2.89. The second-order valence-electron chi connectivity index (χ2n) is 4.43. The van der Waals surface area contributed by atoms with Crippen LogP contribution in [0.25, 0.3) is 10.9 Å². The van der Waals surface area contributed by atoms with Gasteiger partial charge in [-0.15, -0.1) is 0 Å². The van der Waals surface area contributed by atoms with Gasteiger partial charge in [-0.05, 0) is 37.6 Å². The molecule has 0 spiro atoms. The Morgan fingerprint density at radius 3 is 2.57 bits per heavy atom. The normalized spacial score (nSPS) is 11.7. The van der Waals surface area contributed by atoms with Crippen molar-refractivity contribution in [3.05, 3.63) is 35.0 Å². The first-order valence-electron chi connectivity index (χ1n) is 6.12. The number of halogens is 3. The Morgan fingerprint density at radius 2 is 2.00 bits per heavy atom. The predicted octanol–water partition coefficient (Wildman–Crippen LogP) is 3.44. The lowest BCUT2D eigenvalue weighted by atomic mass is 10.0. The molecule has 0 saturated carbocycles. The number of ether oxygens (including phenoxy) is 1. The summed E-state index contributed by atoms with van der Waals surface area (Å²) in [7, 11) is 0. The van der Waals surface area contributed by atoms with Crippen LogP contribution < -0.4 is 0 Å². The molecular weight excluding hydrogens is 287 g/mol. The zero-order valence-corrected chi connectivity index (χ0v) is 11.3. The second-order valence-corrected chi connectivity index (χ2v) is 4.43. The van der Waals surface area contributed by atoms with E-state index in [0.29, 0.717) is 11.6 Å². The lowest BCUT2D eigenvalue weighted by Crippen LogP contribution is -2.11. The summed E-state index contributed by atoms with van der Waals surface area (Å²) in [5.41, 5.74) is -1.28. The largest absolute Gasteiger partial charge is 0.508 e. The minimum atomic E-state index is -4.69. The number of carbonyl (C=O) groups excluding carboxylic acids is 1. The van der Waals surface area contributed by atoms with Crippen molar-refractivity contribution >= 4 is 16.9 Å². The number of hydrogen-bond donors (Lipinski definition) is 1. The standard InChI is InChI=1S/C14H12F3NO3/c1-3-21-13(20)11-4-7(2)9-5-8(19)6-10(12(9)18-11)14(15,16)17/h4-6,19H,3H2,1-2H3. The van der Waals surface area contributed by atoms with Gasteiger partial charge in [0.1, 0.15) is 11.4 Å². The predicted molar refractivity (Wildman–Crippen MR) is 69.1 cm³/mol. The monoisotopic (exact) mass is 299 g/mol. The van der Waals surface area contributed by atoms with E-state index >= 15 is 0 Å². The molecule has 112 valence electrons. The van der Waals surface area contributed by atoms with Gasteiger partial charge in [0.05, 0.1) is 17.7 Å². The van der Waals surface area contributed by atoms with Crippen molar-refractivity contribution in [2.24, 2.45) is 0 Å². The molecule has 0 aliphatic rings. The van der Waals surface area contributed by atoms with E-state index < -0.39 is 23.5 Å². The number of fused-ring (bicyclic) bond motifs is 1. The average Bonchev–Trinajstić information content (AvgIpc) is 2.37. The fourth-order valence-electron chi connectivity index (χ4n) is 2.00. The fourth-order valence-corrected chi connectivity index (χ4v) is 2.00. The van der Waals surface area contributed by atoms with Crippen molar-refractivity contribution in [3.8, 4) is 5.75 Å². The van der Waals surface area contributed by atoms with Gasteiger partial charge >= 0.3 is 12.1 Å². The SMILES string of the molecule is CCOC(=O)c1cc(C)c2cc(O)cc(C(F)(F)F)c2n1.